The van der Waals surface area contributed by atoms with Crippen molar-refractivity contribution >= 4 is 7.82 Å². The molecule has 6 heteroatoms. The fraction of sp³-hybridized carbons (Fsp3) is 1.00. The standard InChI is InChI=1S/C12H25.Mo.H3O4P/c1-3-5-7-9-11-12-10-8-6-4-2;;1-5(2,3)4/h1,3-12H2,2H3;;(H3,1,2,3,4)/q;+3;/p-3. The van der Waals surface area contributed by atoms with E-state index in [1.165, 1.54) is 69.0 Å². The molecule has 0 rings (SSSR count). The Bertz CT molecular complexity index is 178. The molecule has 0 atom stereocenters. The molecule has 0 unspecified atom stereocenters. The summed E-state index contributed by atoms with van der Waals surface area (Å²) in [4.78, 5) is 27.0. The Hall–Kier alpha value is 0.798. The molecule has 0 amide bonds. The van der Waals surface area contributed by atoms with Crippen molar-refractivity contribution < 1.29 is 39.1 Å². The molecule has 0 saturated heterocycles. The first-order chi connectivity index (χ1) is 8.41. The van der Waals surface area contributed by atoms with Crippen LogP contribution in [0.15, 0.2) is 0 Å². The number of hydrogen-bond donors (Lipinski definition) is 0. The van der Waals surface area contributed by atoms with Crippen LogP contribution in [0.4, 0.5) is 0 Å². The van der Waals surface area contributed by atoms with E-state index < -0.39 is 7.82 Å². The third-order valence-corrected chi connectivity index (χ3v) is 3.21. The fourth-order valence-electron chi connectivity index (χ4n) is 1.59. The van der Waals surface area contributed by atoms with Gasteiger partial charge in [-0.1, -0.05) is 0 Å². The van der Waals surface area contributed by atoms with Gasteiger partial charge in [-0.05, 0) is 0 Å². The molecular formula is C12H25MoO4P. The minimum Gasteiger partial charge on any atom is -0.822 e. The number of hydrogen-bond acceptors (Lipinski definition) is 4. The maximum Gasteiger partial charge on any atom is -0.159 e. The monoisotopic (exact) mass is 362 g/mol. The first kappa shape index (κ1) is 21.1. The summed E-state index contributed by atoms with van der Waals surface area (Å²) in [7, 11) is -5.39. The summed E-state index contributed by atoms with van der Waals surface area (Å²) in [6.45, 7) is 2.28. The molecule has 0 spiro atoms. The second kappa shape index (κ2) is 15.9. The smallest absolute Gasteiger partial charge is 0.159 e. The van der Waals surface area contributed by atoms with Gasteiger partial charge in [0, 0.05) is 0 Å². The third-order valence-electron chi connectivity index (χ3n) is 2.50. The van der Waals surface area contributed by atoms with Crippen LogP contribution in [0.1, 0.15) is 71.1 Å². The van der Waals surface area contributed by atoms with Gasteiger partial charge in [0.15, 0.2) is 0 Å². The zero-order valence-corrected chi connectivity index (χ0v) is 14.2. The average molecular weight is 360 g/mol. The van der Waals surface area contributed by atoms with Gasteiger partial charge >= 0.3 is 95.8 Å². The predicted octanol–water partition coefficient (Wildman–Crippen LogP) is 2.05. The van der Waals surface area contributed by atoms with Gasteiger partial charge in [0.25, 0.3) is 0 Å². The quantitative estimate of drug-likeness (QED) is 0.339. The van der Waals surface area contributed by atoms with Crippen molar-refractivity contribution in [3.63, 3.8) is 0 Å². The molecule has 0 aromatic rings. The van der Waals surface area contributed by atoms with E-state index in [-0.39, 0.29) is 0 Å². The Kier molecular flexibility index (Phi) is 18.6. The van der Waals surface area contributed by atoms with Crippen LogP contribution in [0.3, 0.4) is 0 Å². The van der Waals surface area contributed by atoms with Crippen molar-refractivity contribution in [1.82, 2.24) is 0 Å². The number of phosphoric acid groups is 1. The van der Waals surface area contributed by atoms with E-state index in [2.05, 4.69) is 26.7 Å². The van der Waals surface area contributed by atoms with Gasteiger partial charge in [0.2, 0.25) is 0 Å². The molecule has 0 bridgehead atoms. The summed E-state index contributed by atoms with van der Waals surface area (Å²) in [5, 5.41) is 0. The average Bonchev–Trinajstić information content (AvgIpc) is 2.25. The Labute approximate surface area is 123 Å². The molecule has 0 aromatic heterocycles. The maximum absolute atomic E-state index is 8.55. The van der Waals surface area contributed by atoms with Crippen LogP contribution in [-0.4, -0.2) is 0 Å². The van der Waals surface area contributed by atoms with Crippen molar-refractivity contribution in [3.8, 4) is 0 Å². The van der Waals surface area contributed by atoms with Crippen molar-refractivity contribution in [2.24, 2.45) is 0 Å². The van der Waals surface area contributed by atoms with E-state index >= 15 is 0 Å². The van der Waals surface area contributed by atoms with Gasteiger partial charge in [-0.25, -0.2) is 0 Å². The Balaban J connectivity index is 0. The van der Waals surface area contributed by atoms with E-state index in [4.69, 9.17) is 19.2 Å². The Morgan fingerprint density at radius 1 is 0.778 bits per heavy atom. The van der Waals surface area contributed by atoms with Gasteiger partial charge in [-0.15, -0.1) is 0 Å². The van der Waals surface area contributed by atoms with E-state index in [1.807, 2.05) is 0 Å². The maximum atomic E-state index is 8.55. The molecule has 0 fully saturated rings. The van der Waals surface area contributed by atoms with E-state index in [9.17, 15) is 0 Å². The third kappa shape index (κ3) is 36.0. The summed E-state index contributed by atoms with van der Waals surface area (Å²) in [5.41, 5.74) is 0. The molecule has 0 aliphatic carbocycles. The molecule has 0 N–H and O–H groups in total. The van der Waals surface area contributed by atoms with E-state index in [0.29, 0.717) is 0 Å². The zero-order chi connectivity index (χ0) is 14.3. The van der Waals surface area contributed by atoms with E-state index in [0.717, 1.165) is 0 Å². The molecule has 0 saturated carbocycles. The zero-order valence-electron chi connectivity index (χ0n) is 11.3. The molecule has 18 heavy (non-hydrogen) atoms. The van der Waals surface area contributed by atoms with Crippen LogP contribution in [0, 0.1) is 0 Å². The molecule has 0 aliphatic heterocycles. The van der Waals surface area contributed by atoms with Crippen LogP contribution in [0.25, 0.3) is 0 Å². The first-order valence-electron chi connectivity index (χ1n) is 6.73. The van der Waals surface area contributed by atoms with Crippen LogP contribution >= 0.6 is 7.82 Å². The number of unbranched alkanes of at least 4 members (excludes halogenated alkanes) is 9. The van der Waals surface area contributed by atoms with Crippen LogP contribution in [0.5, 0.6) is 0 Å². The van der Waals surface area contributed by atoms with Gasteiger partial charge in [0.05, 0.1) is 0 Å². The summed E-state index contributed by atoms with van der Waals surface area (Å²) >= 11 is 2.22. The minimum absolute atomic E-state index is 1.37. The predicted molar refractivity (Wildman–Crippen MR) is 64.3 cm³/mol. The van der Waals surface area contributed by atoms with Crippen LogP contribution in [0.2, 0.25) is 4.81 Å². The molecular weight excluding hydrogens is 335 g/mol. The molecule has 0 aliphatic rings. The van der Waals surface area contributed by atoms with Crippen LogP contribution < -0.4 is 14.7 Å². The second-order valence-corrected chi connectivity index (χ2v) is 6.23. The van der Waals surface area contributed by atoms with Gasteiger partial charge in [-0.3, -0.25) is 0 Å². The summed E-state index contributed by atoms with van der Waals surface area (Å²) < 4.78 is 8.55. The van der Waals surface area contributed by atoms with Crippen molar-refractivity contribution in [1.29, 1.82) is 0 Å². The minimum atomic E-state index is -5.39. The van der Waals surface area contributed by atoms with Crippen molar-refractivity contribution in [3.05, 3.63) is 0 Å². The van der Waals surface area contributed by atoms with E-state index in [1.54, 1.807) is 0 Å². The largest absolute Gasteiger partial charge is 0.822 e. The van der Waals surface area contributed by atoms with Gasteiger partial charge < -0.3 is 19.2 Å². The Morgan fingerprint density at radius 3 is 1.33 bits per heavy atom. The number of rotatable bonds is 10. The van der Waals surface area contributed by atoms with Crippen molar-refractivity contribution in [2.45, 2.75) is 75.9 Å². The van der Waals surface area contributed by atoms with Crippen LogP contribution in [-0.2, 0) is 24.4 Å². The summed E-state index contributed by atoms with van der Waals surface area (Å²) in [5.74, 6) is 0. The summed E-state index contributed by atoms with van der Waals surface area (Å²) in [6.07, 6.45) is 14.6. The van der Waals surface area contributed by atoms with Gasteiger partial charge in [0.1, 0.15) is 0 Å². The molecule has 0 radical (unpaired) electrons. The SMILES string of the molecule is CCCCCCCCCCC[CH2][Mo+3].O=P([O-])([O-])[O-]. The fourth-order valence-corrected chi connectivity index (χ4v) is 2.09. The molecule has 0 heterocycles. The second-order valence-electron chi connectivity index (χ2n) is 4.33. The summed E-state index contributed by atoms with van der Waals surface area (Å²) in [6, 6.07) is 0. The molecule has 0 aromatic carbocycles. The van der Waals surface area contributed by atoms with Gasteiger partial charge in [-0.2, -0.15) is 7.82 Å². The first-order valence-corrected chi connectivity index (χ1v) is 9.61. The normalized spacial score (nSPS) is 10.8. The van der Waals surface area contributed by atoms with Crippen molar-refractivity contribution in [2.75, 3.05) is 0 Å². The Morgan fingerprint density at radius 2 is 1.06 bits per heavy atom. The topological polar surface area (TPSA) is 86.2 Å². The molecule has 4 nitrogen and oxygen atoms in total. The molecule has 108 valence electrons.